The summed E-state index contributed by atoms with van der Waals surface area (Å²) >= 11 is 6.18. The summed E-state index contributed by atoms with van der Waals surface area (Å²) in [4.78, 5) is 76.1. The largest absolute Gasteiger partial charge is 0.464 e. The molecule has 4 atom stereocenters. The van der Waals surface area contributed by atoms with Crippen LogP contribution >= 0.6 is 22.9 Å². The number of hydrogen-bond acceptors (Lipinski definition) is 13. The van der Waals surface area contributed by atoms with Crippen molar-refractivity contribution >= 4 is 69.1 Å². The number of thiazole rings is 1. The van der Waals surface area contributed by atoms with Crippen LogP contribution in [-0.2, 0) is 57.6 Å². The molecule has 4 saturated heterocycles. The van der Waals surface area contributed by atoms with Crippen molar-refractivity contribution in [2.75, 3.05) is 71.1 Å². The molecule has 4 amide bonds. The number of aromatic nitrogens is 3. The molecule has 17 nitrogen and oxygen atoms in total. The van der Waals surface area contributed by atoms with E-state index in [2.05, 4.69) is 21.0 Å². The summed E-state index contributed by atoms with van der Waals surface area (Å²) in [7, 11) is 1.50. The number of rotatable bonds is 9. The highest BCUT2D eigenvalue weighted by molar-refractivity contribution is 7.10. The number of esters is 1. The molecule has 3 unspecified atom stereocenters. The van der Waals surface area contributed by atoms with Crippen LogP contribution in [0.2, 0.25) is 0 Å². The molecule has 3 aromatic heterocycles. The van der Waals surface area contributed by atoms with Crippen molar-refractivity contribution in [1.82, 2.24) is 40.5 Å². The van der Waals surface area contributed by atoms with E-state index in [0.717, 1.165) is 17.1 Å². The minimum absolute atomic E-state index is 0.0130. The van der Waals surface area contributed by atoms with Gasteiger partial charge in [-0.05, 0) is 62.3 Å². The van der Waals surface area contributed by atoms with Gasteiger partial charge in [0, 0.05) is 86.5 Å². The Morgan fingerprint density at radius 2 is 1.80 bits per heavy atom. The summed E-state index contributed by atoms with van der Waals surface area (Å²) in [5.74, 6) is -2.94. The number of alkyl halides is 5. The summed E-state index contributed by atoms with van der Waals surface area (Å²) in [6, 6.07) is 2.54. The normalized spacial score (nSPS) is 21.7. The lowest BCUT2D eigenvalue weighted by molar-refractivity contribution is -0.155. The Hall–Kier alpha value is -5.49. The van der Waals surface area contributed by atoms with Gasteiger partial charge in [-0.2, -0.15) is 13.2 Å². The van der Waals surface area contributed by atoms with Gasteiger partial charge in [0.05, 0.1) is 70.8 Å². The van der Waals surface area contributed by atoms with Gasteiger partial charge in [0.15, 0.2) is 0 Å². The van der Waals surface area contributed by atoms with Crippen LogP contribution in [0.4, 0.5) is 27.6 Å². The molecule has 8 heterocycles. The number of carbonyl (C=O) groups excluding carboxylic acids is 5. The number of methoxy groups -OCH3 is 1. The van der Waals surface area contributed by atoms with E-state index < -0.39 is 71.0 Å². The van der Waals surface area contributed by atoms with Gasteiger partial charge in [0.2, 0.25) is 11.8 Å². The van der Waals surface area contributed by atoms with Crippen LogP contribution in [0.25, 0.3) is 33.4 Å². The molecule has 6 bridgehead atoms. The van der Waals surface area contributed by atoms with Crippen LogP contribution in [0.3, 0.4) is 0 Å². The Kier molecular flexibility index (Phi) is 16.8. The number of benzene rings is 1. The number of fused-ring (bicyclic) bond motifs is 6. The van der Waals surface area contributed by atoms with Gasteiger partial charge in [-0.1, -0.05) is 39.3 Å². The SMILES string of the molecule is COC(C)c1ncc(N2CCOCC2)cc1-c1c2c3cc(c(F)cc3n1CC(F)(F)F)-c1csc(n1)C[C@H](NC(=O)CC(C)C)C(=O)N1CCCC(N1)C(=O)OCC(C)(C)C2.O=C(C(F)Cl)N1CC2(CCNC2=O)C1. The number of amides is 4. The van der Waals surface area contributed by atoms with Gasteiger partial charge in [0.25, 0.3) is 17.4 Å². The Labute approximate surface area is 440 Å². The Balaban J connectivity index is 0.000000458. The minimum Gasteiger partial charge on any atom is -0.464 e. The molecule has 0 aliphatic carbocycles. The molecule has 3 N–H and O–H groups in total. The maximum absolute atomic E-state index is 16.6. The molecule has 408 valence electrons. The molecule has 75 heavy (non-hydrogen) atoms. The maximum atomic E-state index is 16.6. The zero-order valence-electron chi connectivity index (χ0n) is 42.7. The van der Waals surface area contributed by atoms with Crippen molar-refractivity contribution in [2.24, 2.45) is 16.7 Å². The topological polar surface area (TPSA) is 190 Å². The Bertz CT molecular complexity index is 2790. The van der Waals surface area contributed by atoms with E-state index in [-0.39, 0.29) is 72.6 Å². The summed E-state index contributed by atoms with van der Waals surface area (Å²) in [5.41, 5.74) is 2.13. The monoisotopic (exact) mass is 1090 g/mol. The van der Waals surface area contributed by atoms with Gasteiger partial charge in [0.1, 0.15) is 24.4 Å². The van der Waals surface area contributed by atoms with Crippen molar-refractivity contribution in [3.05, 3.63) is 51.9 Å². The van der Waals surface area contributed by atoms with Crippen LogP contribution in [0.15, 0.2) is 29.8 Å². The average molecular weight is 1090 g/mol. The van der Waals surface area contributed by atoms with E-state index >= 15 is 4.39 Å². The first-order valence-corrected chi connectivity index (χ1v) is 26.4. The molecular formula is C51H63ClF5N9O8S. The highest BCUT2D eigenvalue weighted by Crippen LogP contribution is 2.45. The number of cyclic esters (lactones) is 1. The molecule has 5 aliphatic heterocycles. The molecule has 9 rings (SSSR count). The third-order valence-electron chi connectivity index (χ3n) is 14.2. The number of nitrogens with zero attached hydrogens (tertiary/aromatic N) is 6. The van der Waals surface area contributed by atoms with Crippen molar-refractivity contribution < 1.29 is 60.1 Å². The van der Waals surface area contributed by atoms with Crippen LogP contribution in [0, 0.1) is 22.6 Å². The van der Waals surface area contributed by atoms with Crippen LogP contribution < -0.4 is 21.0 Å². The smallest absolute Gasteiger partial charge is 0.406 e. The fourth-order valence-corrected chi connectivity index (χ4v) is 11.3. The van der Waals surface area contributed by atoms with E-state index in [9.17, 15) is 41.5 Å². The van der Waals surface area contributed by atoms with E-state index in [0.29, 0.717) is 91.7 Å². The molecule has 5 aliphatic rings. The first-order chi connectivity index (χ1) is 35.5. The fraction of sp³-hybridized carbons (Fsp3) is 0.588. The van der Waals surface area contributed by atoms with Gasteiger partial charge in [-0.25, -0.2) is 19.2 Å². The van der Waals surface area contributed by atoms with E-state index in [1.54, 1.807) is 18.5 Å². The zero-order valence-corrected chi connectivity index (χ0v) is 44.3. The lowest BCUT2D eigenvalue weighted by Gasteiger charge is -2.45. The second-order valence-electron chi connectivity index (χ2n) is 21.1. The first-order valence-electron chi connectivity index (χ1n) is 25.1. The number of halogens is 6. The third kappa shape index (κ3) is 12.5. The van der Waals surface area contributed by atoms with Crippen molar-refractivity contribution in [3.63, 3.8) is 0 Å². The van der Waals surface area contributed by atoms with Crippen LogP contribution in [0.5, 0.6) is 0 Å². The predicted molar refractivity (Wildman–Crippen MR) is 270 cm³/mol. The number of nitrogens with one attached hydrogen (secondary N) is 3. The lowest BCUT2D eigenvalue weighted by atomic mass is 9.78. The second-order valence-corrected chi connectivity index (χ2v) is 22.4. The highest BCUT2D eigenvalue weighted by atomic mass is 35.5. The quantitative estimate of drug-likeness (QED) is 0.0923. The summed E-state index contributed by atoms with van der Waals surface area (Å²) < 4.78 is 91.8. The molecule has 24 heteroatoms. The van der Waals surface area contributed by atoms with Gasteiger partial charge < -0.3 is 39.2 Å². The number of anilines is 1. The summed E-state index contributed by atoms with van der Waals surface area (Å²) in [5, 5.41) is 9.30. The maximum Gasteiger partial charge on any atom is 0.406 e. The standard InChI is InChI=1S/C43H53F4N7O6S.C8H10ClFN2O2/c1-24(2)14-36(55)49-33-18-37-50-34(21-61-37)28-16-27-30(19-42(4,5)23-60-41(57)32-8-7-9-54(51-32)40(33)56)39(53(22-43(45,46)47)35(27)17-31(28)44)29-15-26(52-10-12-59-13-11-52)20-48-38(29)25(3)58-6;9-5(10)6(13)12-3-8(4-12)1-2-11-7(8)14/h15-17,20-21,24-25,32-33,51H,7-14,18-19,22-23H2,1-6H3,(H,49,55);5H,1-4H2,(H,11,14)/t25?,32?,33-;/m0./s1. The van der Waals surface area contributed by atoms with Crippen LogP contribution in [-0.4, -0.2) is 144 Å². The number of morpholine rings is 1. The Morgan fingerprint density at radius 3 is 2.45 bits per heavy atom. The molecule has 0 radical (unpaired) electrons. The lowest BCUT2D eigenvalue weighted by Crippen LogP contribution is -2.62. The van der Waals surface area contributed by atoms with Crippen molar-refractivity contribution in [2.45, 2.75) is 110 Å². The van der Waals surface area contributed by atoms with Crippen molar-refractivity contribution in [1.29, 1.82) is 0 Å². The highest BCUT2D eigenvalue weighted by Gasteiger charge is 2.54. The minimum atomic E-state index is -4.71. The number of hydrogen-bond donors (Lipinski definition) is 3. The van der Waals surface area contributed by atoms with Gasteiger partial charge >= 0.3 is 12.1 Å². The predicted octanol–water partition coefficient (Wildman–Crippen LogP) is 6.64. The van der Waals surface area contributed by atoms with Gasteiger partial charge in [-0.3, -0.25) is 34.0 Å². The summed E-state index contributed by atoms with van der Waals surface area (Å²) in [6.07, 6.45) is -1.83. The number of likely N-dealkylation sites (tertiary alicyclic amines) is 1. The molecule has 4 aromatic rings. The molecular weight excluding hydrogens is 1030 g/mol. The van der Waals surface area contributed by atoms with Crippen molar-refractivity contribution in [3.8, 4) is 22.5 Å². The number of carbonyl (C=O) groups is 5. The Morgan fingerprint density at radius 1 is 1.07 bits per heavy atom. The third-order valence-corrected chi connectivity index (χ3v) is 15.2. The zero-order chi connectivity index (χ0) is 54.1. The average Bonchev–Trinajstić information content (AvgIpc) is 4.06. The second kappa shape index (κ2) is 22.6. The first kappa shape index (κ1) is 55.7. The molecule has 0 saturated carbocycles. The van der Waals surface area contributed by atoms with E-state index in [4.69, 9.17) is 35.8 Å². The number of hydrazine groups is 1. The van der Waals surface area contributed by atoms with E-state index in [1.807, 2.05) is 33.8 Å². The fourth-order valence-electron chi connectivity index (χ4n) is 10.3. The van der Waals surface area contributed by atoms with Gasteiger partial charge in [-0.15, -0.1) is 11.3 Å². The summed E-state index contributed by atoms with van der Waals surface area (Å²) in [6.45, 7) is 11.2. The van der Waals surface area contributed by atoms with E-state index in [1.165, 1.54) is 34.4 Å². The number of ether oxygens (including phenoxy) is 3. The number of pyridine rings is 1. The molecule has 1 aromatic carbocycles. The molecule has 1 spiro atoms. The van der Waals surface area contributed by atoms with Crippen LogP contribution in [0.1, 0.15) is 82.7 Å². The molecule has 4 fully saturated rings.